The molecule has 0 aliphatic carbocycles. The summed E-state index contributed by atoms with van der Waals surface area (Å²) in [5.74, 6) is 0.465. The molecule has 0 radical (unpaired) electrons. The summed E-state index contributed by atoms with van der Waals surface area (Å²) in [6.45, 7) is 8.87. The van der Waals surface area contributed by atoms with Gasteiger partial charge in [-0.15, -0.1) is 0 Å². The summed E-state index contributed by atoms with van der Waals surface area (Å²) >= 11 is 0. The normalized spacial score (nSPS) is 14.8. The Balaban J connectivity index is 1.30. The minimum Gasteiger partial charge on any atom is -0.489 e. The Hall–Kier alpha value is -3.46. The van der Waals surface area contributed by atoms with E-state index in [4.69, 9.17) is 4.74 Å². The van der Waals surface area contributed by atoms with Gasteiger partial charge in [0.25, 0.3) is 5.91 Å². The summed E-state index contributed by atoms with van der Waals surface area (Å²) in [5.41, 5.74) is 3.32. The van der Waals surface area contributed by atoms with Gasteiger partial charge < -0.3 is 10.1 Å². The van der Waals surface area contributed by atoms with Crippen molar-refractivity contribution in [3.63, 3.8) is 0 Å². The molecule has 36 heavy (non-hydrogen) atoms. The number of nitrogens with zero attached hydrogens (tertiary/aromatic N) is 2. The van der Waals surface area contributed by atoms with Crippen LogP contribution in [0.5, 0.6) is 5.75 Å². The van der Waals surface area contributed by atoms with Crippen molar-refractivity contribution in [2.75, 3.05) is 38.1 Å². The van der Waals surface area contributed by atoms with E-state index in [-0.39, 0.29) is 5.91 Å². The molecule has 0 atom stereocenters. The Kier molecular flexibility index (Phi) is 8.20. The number of ether oxygens (including phenoxy) is 1. The molecule has 1 aliphatic rings. The quantitative estimate of drug-likeness (QED) is 0.438. The van der Waals surface area contributed by atoms with Crippen molar-refractivity contribution in [2.45, 2.75) is 18.4 Å². The lowest BCUT2D eigenvalue weighted by Gasteiger charge is -2.34. The highest BCUT2D eigenvalue weighted by Gasteiger charge is 2.28. The zero-order valence-electron chi connectivity index (χ0n) is 20.4. The molecule has 4 rings (SSSR count). The van der Waals surface area contributed by atoms with Gasteiger partial charge in [0.05, 0.1) is 4.90 Å². The molecule has 3 aromatic carbocycles. The largest absolute Gasteiger partial charge is 0.489 e. The molecule has 188 valence electrons. The van der Waals surface area contributed by atoms with E-state index in [9.17, 15) is 13.2 Å². The summed E-state index contributed by atoms with van der Waals surface area (Å²) in [5, 5.41) is 2.89. The molecule has 1 fully saturated rings. The number of carbonyl (C=O) groups is 1. The minimum absolute atomic E-state index is 0.197. The first-order valence-electron chi connectivity index (χ1n) is 11.9. The van der Waals surface area contributed by atoms with E-state index >= 15 is 0 Å². The predicted molar refractivity (Wildman–Crippen MR) is 142 cm³/mol. The van der Waals surface area contributed by atoms with E-state index < -0.39 is 10.0 Å². The minimum atomic E-state index is -3.47. The van der Waals surface area contributed by atoms with Crippen LogP contribution in [-0.4, -0.2) is 56.3 Å². The van der Waals surface area contributed by atoms with Crippen molar-refractivity contribution >= 4 is 21.6 Å². The van der Waals surface area contributed by atoms with Gasteiger partial charge in [0, 0.05) is 50.0 Å². The van der Waals surface area contributed by atoms with Crippen LogP contribution in [-0.2, 0) is 16.6 Å². The van der Waals surface area contributed by atoms with E-state index in [2.05, 4.69) is 16.8 Å². The Labute approximate surface area is 213 Å². The molecule has 0 saturated carbocycles. The maximum atomic E-state index is 12.9. The van der Waals surface area contributed by atoms with Gasteiger partial charge in [0.1, 0.15) is 12.4 Å². The fraction of sp³-hybridized carbons (Fsp3) is 0.250. The van der Waals surface area contributed by atoms with Crippen molar-refractivity contribution in [2.24, 2.45) is 0 Å². The molecule has 0 bridgehead atoms. The van der Waals surface area contributed by atoms with Crippen molar-refractivity contribution < 1.29 is 17.9 Å². The standard InChI is InChI=1S/C28H31N3O4S/c1-3-19-35-26-6-4-5-25(20-26)29-28(32)24-11-9-23(10-12-24)21-30-15-17-31(18-16-30)36(33,34)27-13-7-22(2)8-14-27/h3-14,20H,1,15-19,21H2,2H3,(H,29,32). The van der Waals surface area contributed by atoms with Crippen LogP contribution in [0.3, 0.4) is 0 Å². The Bertz CT molecular complexity index is 1300. The number of anilines is 1. The van der Waals surface area contributed by atoms with Crippen LogP contribution in [0.1, 0.15) is 21.5 Å². The second-order valence-corrected chi connectivity index (χ2v) is 10.7. The Morgan fingerprint density at radius 1 is 1.00 bits per heavy atom. The van der Waals surface area contributed by atoms with Gasteiger partial charge in [0.15, 0.2) is 0 Å². The smallest absolute Gasteiger partial charge is 0.255 e. The summed E-state index contributed by atoms with van der Waals surface area (Å²) in [4.78, 5) is 15.2. The summed E-state index contributed by atoms with van der Waals surface area (Å²) in [6.07, 6.45) is 1.67. The Morgan fingerprint density at radius 3 is 2.36 bits per heavy atom. The number of hydrogen-bond acceptors (Lipinski definition) is 5. The maximum Gasteiger partial charge on any atom is 0.255 e. The number of nitrogens with one attached hydrogen (secondary N) is 1. The highest BCUT2D eigenvalue weighted by atomic mass is 32.2. The third kappa shape index (κ3) is 6.40. The predicted octanol–water partition coefficient (Wildman–Crippen LogP) is 4.32. The number of carbonyl (C=O) groups excluding carboxylic acids is 1. The van der Waals surface area contributed by atoms with Crippen molar-refractivity contribution in [1.29, 1.82) is 0 Å². The third-order valence-corrected chi connectivity index (χ3v) is 7.98. The van der Waals surface area contributed by atoms with Crippen LogP contribution in [0.15, 0.2) is 90.3 Å². The lowest BCUT2D eigenvalue weighted by Crippen LogP contribution is -2.48. The van der Waals surface area contributed by atoms with Gasteiger partial charge in [-0.05, 0) is 48.9 Å². The summed E-state index contributed by atoms with van der Waals surface area (Å²) in [7, 11) is -3.47. The van der Waals surface area contributed by atoms with E-state index in [0.29, 0.717) is 61.2 Å². The molecular formula is C28H31N3O4S. The summed E-state index contributed by atoms with van der Waals surface area (Å²) < 4.78 is 32.9. The molecule has 1 N–H and O–H groups in total. The fourth-order valence-corrected chi connectivity index (χ4v) is 5.45. The van der Waals surface area contributed by atoms with Gasteiger partial charge in [-0.3, -0.25) is 9.69 Å². The number of piperazine rings is 1. The molecular weight excluding hydrogens is 474 g/mol. The maximum absolute atomic E-state index is 12.9. The van der Waals surface area contributed by atoms with Crippen LogP contribution in [0.2, 0.25) is 0 Å². The lowest BCUT2D eigenvalue weighted by molar-refractivity contribution is 0.102. The van der Waals surface area contributed by atoms with Crippen molar-refractivity contribution in [3.05, 3.63) is 102 Å². The van der Waals surface area contributed by atoms with Crippen LogP contribution >= 0.6 is 0 Å². The average Bonchev–Trinajstić information content (AvgIpc) is 2.89. The average molecular weight is 506 g/mol. The van der Waals surface area contributed by atoms with Crippen LogP contribution in [0, 0.1) is 6.92 Å². The monoisotopic (exact) mass is 505 g/mol. The van der Waals surface area contributed by atoms with Crippen molar-refractivity contribution in [3.8, 4) is 5.75 Å². The first kappa shape index (κ1) is 25.6. The molecule has 1 heterocycles. The third-order valence-electron chi connectivity index (χ3n) is 6.07. The highest BCUT2D eigenvalue weighted by Crippen LogP contribution is 2.20. The molecule has 7 nitrogen and oxygen atoms in total. The summed E-state index contributed by atoms with van der Waals surface area (Å²) in [6, 6.07) is 21.7. The van der Waals surface area contributed by atoms with Gasteiger partial charge >= 0.3 is 0 Å². The molecule has 3 aromatic rings. The Morgan fingerprint density at radius 2 is 1.69 bits per heavy atom. The number of hydrogen-bond donors (Lipinski definition) is 1. The SMILES string of the molecule is C=CCOc1cccc(NC(=O)c2ccc(CN3CCN(S(=O)(=O)c4ccc(C)cc4)CC3)cc2)c1. The van der Waals surface area contributed by atoms with Gasteiger partial charge in [-0.25, -0.2) is 8.42 Å². The van der Waals surface area contributed by atoms with E-state index in [1.165, 1.54) is 0 Å². The molecule has 1 aliphatic heterocycles. The lowest BCUT2D eigenvalue weighted by atomic mass is 10.1. The van der Waals surface area contributed by atoms with Gasteiger partial charge in [-0.2, -0.15) is 4.31 Å². The topological polar surface area (TPSA) is 79.0 Å². The van der Waals surface area contributed by atoms with E-state index in [0.717, 1.165) is 11.1 Å². The number of benzene rings is 3. The highest BCUT2D eigenvalue weighted by molar-refractivity contribution is 7.89. The number of aryl methyl sites for hydroxylation is 1. The molecule has 0 unspecified atom stereocenters. The number of rotatable bonds is 9. The zero-order valence-corrected chi connectivity index (χ0v) is 21.2. The zero-order chi connectivity index (χ0) is 25.5. The van der Waals surface area contributed by atoms with Crippen molar-refractivity contribution in [1.82, 2.24) is 9.21 Å². The number of sulfonamides is 1. The number of amides is 1. The fourth-order valence-electron chi connectivity index (χ4n) is 4.03. The molecule has 0 spiro atoms. The van der Waals surface area contributed by atoms with Crippen LogP contribution in [0.25, 0.3) is 0 Å². The van der Waals surface area contributed by atoms with E-state index in [1.807, 2.05) is 49.4 Å². The van der Waals surface area contributed by atoms with E-state index in [1.54, 1.807) is 40.7 Å². The molecule has 8 heteroatoms. The molecule has 1 saturated heterocycles. The second kappa shape index (κ2) is 11.5. The van der Waals surface area contributed by atoms with Gasteiger partial charge in [0.2, 0.25) is 10.0 Å². The van der Waals surface area contributed by atoms with Crippen LogP contribution in [0.4, 0.5) is 5.69 Å². The molecule has 0 aromatic heterocycles. The van der Waals surface area contributed by atoms with Gasteiger partial charge in [-0.1, -0.05) is 48.6 Å². The first-order valence-corrected chi connectivity index (χ1v) is 13.3. The first-order chi connectivity index (χ1) is 17.3. The van der Waals surface area contributed by atoms with Crippen LogP contribution < -0.4 is 10.1 Å². The molecule has 1 amide bonds. The second-order valence-electron chi connectivity index (χ2n) is 8.77.